The molecule has 0 bridgehead atoms. The highest BCUT2D eigenvalue weighted by molar-refractivity contribution is 5.85. The Balaban J connectivity index is 0.00000256. The summed E-state index contributed by atoms with van der Waals surface area (Å²) in [4.78, 5) is 12.9. The highest BCUT2D eigenvalue weighted by atomic mass is 35.5. The van der Waals surface area contributed by atoms with Gasteiger partial charge in [0.25, 0.3) is 0 Å². The molecule has 1 unspecified atom stereocenters. The van der Waals surface area contributed by atoms with Crippen LogP contribution in [0.5, 0.6) is 0 Å². The van der Waals surface area contributed by atoms with Gasteiger partial charge in [0.2, 0.25) is 0 Å². The van der Waals surface area contributed by atoms with Gasteiger partial charge in [0.15, 0.2) is 0 Å². The van der Waals surface area contributed by atoms with Gasteiger partial charge in [0.1, 0.15) is 0 Å². The van der Waals surface area contributed by atoms with Gasteiger partial charge in [-0.3, -0.25) is 4.79 Å². The van der Waals surface area contributed by atoms with Crippen molar-refractivity contribution in [3.8, 4) is 0 Å². The Hall–Kier alpha value is -0.320. The molecule has 1 fully saturated rings. The minimum absolute atomic E-state index is 0. The van der Waals surface area contributed by atoms with Crippen molar-refractivity contribution in [2.75, 3.05) is 26.2 Å². The number of nitrogens with zero attached hydrogens (tertiary/aromatic N) is 1. The monoisotopic (exact) mass is 264 g/mol. The van der Waals surface area contributed by atoms with E-state index in [1.165, 1.54) is 19.3 Å². The van der Waals surface area contributed by atoms with E-state index in [1.807, 2.05) is 0 Å². The average molecular weight is 265 g/mol. The van der Waals surface area contributed by atoms with Crippen molar-refractivity contribution in [2.24, 2.45) is 0 Å². The van der Waals surface area contributed by atoms with Crippen LogP contribution in [0.25, 0.3) is 0 Å². The van der Waals surface area contributed by atoms with Gasteiger partial charge >= 0.3 is 5.97 Å². The molecule has 1 atom stereocenters. The molecular weight excluding hydrogens is 240 g/mol. The van der Waals surface area contributed by atoms with Crippen LogP contribution in [0.3, 0.4) is 0 Å². The van der Waals surface area contributed by atoms with Crippen molar-refractivity contribution in [1.29, 1.82) is 0 Å². The van der Waals surface area contributed by atoms with Crippen LogP contribution in [0.4, 0.5) is 0 Å². The molecule has 0 aromatic heterocycles. The summed E-state index contributed by atoms with van der Waals surface area (Å²) in [6.07, 6.45) is 4.84. The third-order valence-corrected chi connectivity index (χ3v) is 3.30. The predicted octanol–water partition coefficient (Wildman–Crippen LogP) is 1.74. The molecule has 0 aliphatic carbocycles. The van der Waals surface area contributed by atoms with Gasteiger partial charge in [-0.15, -0.1) is 12.4 Å². The zero-order chi connectivity index (χ0) is 12.0. The Kier molecular flexibility index (Phi) is 7.75. The fourth-order valence-electron chi connectivity index (χ4n) is 2.27. The molecule has 1 rings (SSSR count). The van der Waals surface area contributed by atoms with Crippen molar-refractivity contribution in [3.63, 3.8) is 0 Å². The first kappa shape index (κ1) is 16.7. The number of rotatable bonds is 7. The summed E-state index contributed by atoms with van der Waals surface area (Å²) >= 11 is 0. The molecule has 0 radical (unpaired) electrons. The number of likely N-dealkylation sites (tertiary alicyclic amines) is 1. The molecule has 0 aromatic rings. The van der Waals surface area contributed by atoms with Crippen LogP contribution in [0.2, 0.25) is 0 Å². The van der Waals surface area contributed by atoms with Crippen molar-refractivity contribution >= 4 is 18.4 Å². The zero-order valence-corrected chi connectivity index (χ0v) is 11.7. The SMILES string of the molecule is CCCCCN1CCC(C)(NCC(=O)O)C1.Cl. The van der Waals surface area contributed by atoms with Gasteiger partial charge in [0, 0.05) is 18.6 Å². The lowest BCUT2D eigenvalue weighted by molar-refractivity contribution is -0.136. The van der Waals surface area contributed by atoms with E-state index in [0.29, 0.717) is 0 Å². The normalized spacial score (nSPS) is 24.6. The van der Waals surface area contributed by atoms with Crippen LogP contribution in [-0.4, -0.2) is 47.7 Å². The average Bonchev–Trinajstić information content (AvgIpc) is 2.59. The summed E-state index contributed by atoms with van der Waals surface area (Å²) in [5.74, 6) is -0.773. The summed E-state index contributed by atoms with van der Waals surface area (Å²) < 4.78 is 0. The second-order valence-electron chi connectivity index (χ2n) is 5.04. The molecule has 1 aliphatic rings. The third kappa shape index (κ3) is 6.24. The van der Waals surface area contributed by atoms with Crippen LogP contribution < -0.4 is 5.32 Å². The molecule has 0 amide bonds. The number of carboxylic acids is 1. The second-order valence-corrected chi connectivity index (χ2v) is 5.04. The molecule has 4 nitrogen and oxygen atoms in total. The molecule has 1 heterocycles. The van der Waals surface area contributed by atoms with Crippen LogP contribution >= 0.6 is 12.4 Å². The standard InChI is InChI=1S/C12H24N2O2.ClH/c1-3-4-5-7-14-8-6-12(2,10-14)13-9-11(15)16;/h13H,3-10H2,1-2H3,(H,15,16);1H. The lowest BCUT2D eigenvalue weighted by Crippen LogP contribution is -2.47. The Morgan fingerprint density at radius 3 is 2.76 bits per heavy atom. The Morgan fingerprint density at radius 1 is 1.47 bits per heavy atom. The molecule has 5 heteroatoms. The van der Waals surface area contributed by atoms with E-state index in [2.05, 4.69) is 24.1 Å². The fourth-order valence-corrected chi connectivity index (χ4v) is 2.27. The van der Waals surface area contributed by atoms with E-state index in [9.17, 15) is 4.79 Å². The summed E-state index contributed by atoms with van der Waals surface area (Å²) in [6, 6.07) is 0. The van der Waals surface area contributed by atoms with Crippen LogP contribution in [0.1, 0.15) is 39.5 Å². The highest BCUT2D eigenvalue weighted by Crippen LogP contribution is 2.20. The number of hydrogen-bond donors (Lipinski definition) is 2. The first-order valence-corrected chi connectivity index (χ1v) is 6.25. The quantitative estimate of drug-likeness (QED) is 0.688. The van der Waals surface area contributed by atoms with Crippen LogP contribution in [0, 0.1) is 0 Å². The summed E-state index contributed by atoms with van der Waals surface area (Å²) in [5, 5.41) is 11.8. The van der Waals surface area contributed by atoms with Crippen molar-refractivity contribution in [2.45, 2.75) is 45.1 Å². The van der Waals surface area contributed by atoms with Crippen molar-refractivity contribution in [3.05, 3.63) is 0 Å². The molecule has 1 aliphatic heterocycles. The number of carbonyl (C=O) groups is 1. The molecule has 1 saturated heterocycles. The maximum Gasteiger partial charge on any atom is 0.317 e. The fraction of sp³-hybridized carbons (Fsp3) is 0.917. The lowest BCUT2D eigenvalue weighted by atomic mass is 10.0. The first-order chi connectivity index (χ1) is 7.56. The highest BCUT2D eigenvalue weighted by Gasteiger charge is 2.33. The minimum atomic E-state index is -0.773. The van der Waals surface area contributed by atoms with Gasteiger partial charge in [-0.2, -0.15) is 0 Å². The number of aliphatic carboxylic acids is 1. The van der Waals surface area contributed by atoms with Gasteiger partial charge in [-0.1, -0.05) is 19.8 Å². The van der Waals surface area contributed by atoms with E-state index < -0.39 is 5.97 Å². The number of carboxylic acid groups (broad SMARTS) is 1. The van der Waals surface area contributed by atoms with Crippen LogP contribution in [-0.2, 0) is 4.79 Å². The lowest BCUT2D eigenvalue weighted by Gasteiger charge is -2.25. The molecule has 0 spiro atoms. The molecule has 0 saturated carbocycles. The summed E-state index contributed by atoms with van der Waals surface area (Å²) in [5.41, 5.74) is -0.00932. The maximum absolute atomic E-state index is 10.5. The van der Waals surface area contributed by atoms with Gasteiger partial charge < -0.3 is 15.3 Å². The maximum atomic E-state index is 10.5. The van der Waals surface area contributed by atoms with Crippen LogP contribution in [0.15, 0.2) is 0 Å². The predicted molar refractivity (Wildman–Crippen MR) is 71.9 cm³/mol. The summed E-state index contributed by atoms with van der Waals surface area (Å²) in [7, 11) is 0. The topological polar surface area (TPSA) is 52.6 Å². The Bertz CT molecular complexity index is 239. The van der Waals surface area contributed by atoms with Crippen molar-refractivity contribution in [1.82, 2.24) is 10.2 Å². The van der Waals surface area contributed by atoms with E-state index >= 15 is 0 Å². The Morgan fingerprint density at radius 2 is 2.18 bits per heavy atom. The van der Waals surface area contributed by atoms with E-state index in [1.54, 1.807) is 0 Å². The first-order valence-electron chi connectivity index (χ1n) is 6.25. The number of nitrogens with one attached hydrogen (secondary N) is 1. The smallest absolute Gasteiger partial charge is 0.317 e. The van der Waals surface area contributed by atoms with E-state index in [4.69, 9.17) is 5.11 Å². The van der Waals surface area contributed by atoms with E-state index in [0.717, 1.165) is 26.1 Å². The summed E-state index contributed by atoms with van der Waals surface area (Å²) in [6.45, 7) is 7.62. The zero-order valence-electron chi connectivity index (χ0n) is 10.9. The number of hydrogen-bond acceptors (Lipinski definition) is 3. The molecule has 0 aromatic carbocycles. The van der Waals surface area contributed by atoms with Gasteiger partial charge in [-0.25, -0.2) is 0 Å². The number of unbranched alkanes of at least 4 members (excludes halogenated alkanes) is 2. The van der Waals surface area contributed by atoms with Gasteiger partial charge in [-0.05, 0) is 26.3 Å². The number of halogens is 1. The van der Waals surface area contributed by atoms with Gasteiger partial charge in [0.05, 0.1) is 6.54 Å². The molecular formula is C12H25ClN2O2. The third-order valence-electron chi connectivity index (χ3n) is 3.30. The molecule has 17 heavy (non-hydrogen) atoms. The van der Waals surface area contributed by atoms with E-state index in [-0.39, 0.29) is 24.5 Å². The Labute approximate surface area is 110 Å². The molecule has 2 N–H and O–H groups in total. The minimum Gasteiger partial charge on any atom is -0.480 e. The van der Waals surface area contributed by atoms with Crippen molar-refractivity contribution < 1.29 is 9.90 Å². The largest absolute Gasteiger partial charge is 0.480 e. The molecule has 102 valence electrons. The second kappa shape index (κ2) is 7.90.